The van der Waals surface area contributed by atoms with Crippen LogP contribution in [0.25, 0.3) is 0 Å². The Hall–Kier alpha value is -2.67. The molecule has 27 heavy (non-hydrogen) atoms. The van der Waals surface area contributed by atoms with E-state index in [1.54, 1.807) is 22.0 Å². The van der Waals surface area contributed by atoms with Crippen LogP contribution >= 0.6 is 0 Å². The molecule has 0 radical (unpaired) electrons. The second kappa shape index (κ2) is 7.92. The smallest absolute Gasteiger partial charge is 0.257 e. The van der Waals surface area contributed by atoms with Gasteiger partial charge in [0.1, 0.15) is 6.10 Å². The van der Waals surface area contributed by atoms with Gasteiger partial charge in [0.05, 0.1) is 18.3 Å². The third-order valence-electron chi connectivity index (χ3n) is 5.15. The maximum Gasteiger partial charge on any atom is 0.257 e. The number of benzene rings is 1. The molecule has 2 amide bonds. The van der Waals surface area contributed by atoms with Crippen molar-refractivity contribution in [1.29, 1.82) is 0 Å². The van der Waals surface area contributed by atoms with Crippen LogP contribution in [0.15, 0.2) is 42.7 Å². The fourth-order valence-electron chi connectivity index (χ4n) is 3.62. The van der Waals surface area contributed by atoms with Gasteiger partial charge in [-0.25, -0.2) is 0 Å². The third-order valence-corrected chi connectivity index (χ3v) is 5.15. The summed E-state index contributed by atoms with van der Waals surface area (Å²) < 4.78 is 7.26. The van der Waals surface area contributed by atoms with E-state index in [0.717, 1.165) is 18.4 Å². The summed E-state index contributed by atoms with van der Waals surface area (Å²) in [5, 5.41) is 4.31. The molecule has 2 aromatic rings. The van der Waals surface area contributed by atoms with E-state index in [9.17, 15) is 9.59 Å². The molecule has 0 N–H and O–H groups in total. The van der Waals surface area contributed by atoms with Crippen molar-refractivity contribution in [3.63, 3.8) is 0 Å². The number of hydrogen-bond donors (Lipinski definition) is 0. The first-order valence-electron chi connectivity index (χ1n) is 9.47. The van der Waals surface area contributed by atoms with Gasteiger partial charge in [0.2, 0.25) is 0 Å². The van der Waals surface area contributed by atoms with Gasteiger partial charge in [0, 0.05) is 39.0 Å². The van der Waals surface area contributed by atoms with E-state index < -0.39 is 0 Å². The molecule has 142 valence electrons. The van der Waals surface area contributed by atoms with Crippen LogP contribution in [0, 0.1) is 0 Å². The Morgan fingerprint density at radius 3 is 2.52 bits per heavy atom. The van der Waals surface area contributed by atoms with E-state index in [0.29, 0.717) is 44.9 Å². The Balaban J connectivity index is 1.32. The Labute approximate surface area is 158 Å². The molecule has 2 aliphatic rings. The maximum atomic E-state index is 12.7. The van der Waals surface area contributed by atoms with Crippen molar-refractivity contribution < 1.29 is 14.3 Å². The Bertz CT molecular complexity index is 791. The number of carbonyl (C=O) groups excluding carboxylic acids is 2. The Morgan fingerprint density at radius 2 is 1.81 bits per heavy atom. The number of piperazine rings is 1. The lowest BCUT2D eigenvalue weighted by molar-refractivity contribution is -0.142. The number of rotatable bonds is 4. The Morgan fingerprint density at radius 1 is 1.07 bits per heavy atom. The average molecular weight is 368 g/mol. The van der Waals surface area contributed by atoms with Crippen LogP contribution in [0.1, 0.15) is 28.8 Å². The zero-order chi connectivity index (χ0) is 18.6. The molecule has 2 saturated heterocycles. The molecule has 2 aliphatic heterocycles. The molecule has 1 atom stereocenters. The number of hydrogen-bond acceptors (Lipinski definition) is 4. The first kappa shape index (κ1) is 17.7. The monoisotopic (exact) mass is 368 g/mol. The quantitative estimate of drug-likeness (QED) is 0.818. The zero-order valence-electron chi connectivity index (χ0n) is 15.3. The minimum atomic E-state index is -0.288. The lowest BCUT2D eigenvalue weighted by Crippen LogP contribution is -2.52. The van der Waals surface area contributed by atoms with Crippen LogP contribution in [0.5, 0.6) is 0 Å². The highest BCUT2D eigenvalue weighted by molar-refractivity contribution is 5.94. The second-order valence-corrected chi connectivity index (χ2v) is 7.03. The predicted octanol–water partition coefficient (Wildman–Crippen LogP) is 1.39. The fourth-order valence-corrected chi connectivity index (χ4v) is 3.62. The van der Waals surface area contributed by atoms with Crippen LogP contribution in [0.4, 0.5) is 0 Å². The van der Waals surface area contributed by atoms with Gasteiger partial charge in [-0.05, 0) is 18.4 Å². The van der Waals surface area contributed by atoms with Crippen molar-refractivity contribution in [2.75, 3.05) is 32.8 Å². The number of ether oxygens (including phenoxy) is 1. The highest BCUT2D eigenvalue weighted by Gasteiger charge is 2.31. The van der Waals surface area contributed by atoms with E-state index in [1.807, 2.05) is 35.2 Å². The van der Waals surface area contributed by atoms with Gasteiger partial charge in [-0.3, -0.25) is 14.3 Å². The van der Waals surface area contributed by atoms with Crippen molar-refractivity contribution in [3.05, 3.63) is 53.9 Å². The van der Waals surface area contributed by atoms with Crippen LogP contribution in [0.3, 0.4) is 0 Å². The van der Waals surface area contributed by atoms with Gasteiger partial charge in [-0.1, -0.05) is 30.3 Å². The largest absolute Gasteiger partial charge is 0.368 e. The van der Waals surface area contributed by atoms with Crippen LogP contribution in [-0.4, -0.2) is 70.3 Å². The molecule has 0 bridgehead atoms. The number of amides is 2. The third kappa shape index (κ3) is 4.03. The summed E-state index contributed by atoms with van der Waals surface area (Å²) in [6, 6.07) is 10.0. The van der Waals surface area contributed by atoms with Crippen molar-refractivity contribution in [2.45, 2.75) is 25.5 Å². The van der Waals surface area contributed by atoms with Crippen molar-refractivity contribution in [1.82, 2.24) is 19.6 Å². The van der Waals surface area contributed by atoms with E-state index in [-0.39, 0.29) is 17.9 Å². The highest BCUT2D eigenvalue weighted by atomic mass is 16.5. The number of aromatic nitrogens is 2. The summed E-state index contributed by atoms with van der Waals surface area (Å²) >= 11 is 0. The predicted molar refractivity (Wildman–Crippen MR) is 99.2 cm³/mol. The number of nitrogens with zero attached hydrogens (tertiary/aromatic N) is 4. The fraction of sp³-hybridized carbons (Fsp3) is 0.450. The first-order chi connectivity index (χ1) is 13.2. The van der Waals surface area contributed by atoms with Crippen molar-refractivity contribution >= 4 is 11.8 Å². The van der Waals surface area contributed by atoms with E-state index >= 15 is 0 Å². The number of carbonyl (C=O) groups is 2. The molecule has 3 heterocycles. The average Bonchev–Trinajstić information content (AvgIpc) is 3.40. The molecule has 0 aliphatic carbocycles. The molecule has 7 heteroatoms. The van der Waals surface area contributed by atoms with E-state index in [2.05, 4.69) is 5.10 Å². The lowest BCUT2D eigenvalue weighted by Gasteiger charge is -2.35. The minimum absolute atomic E-state index is 0.0291. The van der Waals surface area contributed by atoms with Gasteiger partial charge in [0.15, 0.2) is 0 Å². The van der Waals surface area contributed by atoms with E-state index in [1.165, 1.54) is 0 Å². The van der Waals surface area contributed by atoms with Crippen LogP contribution in [-0.2, 0) is 16.1 Å². The van der Waals surface area contributed by atoms with Gasteiger partial charge >= 0.3 is 0 Å². The molecule has 0 saturated carbocycles. The summed E-state index contributed by atoms with van der Waals surface area (Å²) in [5.74, 6) is 0.0359. The summed E-state index contributed by atoms with van der Waals surface area (Å²) in [6.07, 6.45) is 4.87. The highest BCUT2D eigenvalue weighted by Crippen LogP contribution is 2.17. The normalized spacial score (nSPS) is 20.1. The first-order valence-corrected chi connectivity index (χ1v) is 9.47. The molecule has 0 spiro atoms. The van der Waals surface area contributed by atoms with Gasteiger partial charge < -0.3 is 14.5 Å². The van der Waals surface area contributed by atoms with Gasteiger partial charge in [-0.2, -0.15) is 5.10 Å². The van der Waals surface area contributed by atoms with Crippen LogP contribution in [0.2, 0.25) is 0 Å². The molecule has 7 nitrogen and oxygen atoms in total. The standard InChI is InChI=1S/C20H24N4O3/c25-19(17-13-21-24(15-17)14-16-5-2-1-3-6-16)22-8-10-23(11-9-22)20(26)18-7-4-12-27-18/h1-3,5-6,13,15,18H,4,7-12,14H2. The molecule has 1 aromatic heterocycles. The summed E-state index contributed by atoms with van der Waals surface area (Å²) in [6.45, 7) is 3.51. The van der Waals surface area contributed by atoms with Gasteiger partial charge in [-0.15, -0.1) is 0 Å². The summed E-state index contributed by atoms with van der Waals surface area (Å²) in [7, 11) is 0. The summed E-state index contributed by atoms with van der Waals surface area (Å²) in [5.41, 5.74) is 1.73. The minimum Gasteiger partial charge on any atom is -0.368 e. The maximum absolute atomic E-state index is 12.7. The molecular formula is C20H24N4O3. The molecule has 1 aromatic carbocycles. The van der Waals surface area contributed by atoms with E-state index in [4.69, 9.17) is 4.74 Å². The topological polar surface area (TPSA) is 67.7 Å². The molecule has 4 rings (SSSR count). The van der Waals surface area contributed by atoms with Crippen molar-refractivity contribution in [3.8, 4) is 0 Å². The van der Waals surface area contributed by atoms with Gasteiger partial charge in [0.25, 0.3) is 11.8 Å². The SMILES string of the molecule is O=C(c1cnn(Cc2ccccc2)c1)N1CCN(C(=O)C2CCCO2)CC1. The van der Waals surface area contributed by atoms with Crippen molar-refractivity contribution in [2.24, 2.45) is 0 Å². The zero-order valence-corrected chi connectivity index (χ0v) is 15.3. The summed E-state index contributed by atoms with van der Waals surface area (Å²) in [4.78, 5) is 28.8. The Kier molecular flexibility index (Phi) is 5.20. The molecule has 1 unspecified atom stereocenters. The lowest BCUT2D eigenvalue weighted by atomic mass is 10.2. The second-order valence-electron chi connectivity index (χ2n) is 7.03. The molecule has 2 fully saturated rings. The van der Waals surface area contributed by atoms with Crippen LogP contribution < -0.4 is 0 Å². The molecular weight excluding hydrogens is 344 g/mol.